The maximum atomic E-state index is 10.7. The Balaban J connectivity index is 2.12. The lowest BCUT2D eigenvalue weighted by atomic mass is 10.1. The van der Waals surface area contributed by atoms with Gasteiger partial charge in [0, 0.05) is 6.42 Å². The molecule has 0 aliphatic rings. The molecule has 1 amide bonds. The summed E-state index contributed by atoms with van der Waals surface area (Å²) in [7, 11) is 0. The van der Waals surface area contributed by atoms with E-state index in [1.54, 1.807) is 5.48 Å². The minimum atomic E-state index is -0.313. The summed E-state index contributed by atoms with van der Waals surface area (Å²) in [6.45, 7) is 0. The molecule has 0 unspecified atom stereocenters. The van der Waals surface area contributed by atoms with Crippen molar-refractivity contribution in [1.29, 1.82) is 0 Å². The van der Waals surface area contributed by atoms with Crippen molar-refractivity contribution in [1.82, 2.24) is 5.48 Å². The molecule has 0 radical (unpaired) electrons. The number of rotatable bonds is 6. The van der Waals surface area contributed by atoms with E-state index in [0.29, 0.717) is 6.42 Å². The first-order chi connectivity index (χ1) is 7.83. The fraction of sp³-hybridized carbons (Fsp3) is 0.308. The van der Waals surface area contributed by atoms with Gasteiger partial charge in [-0.2, -0.15) is 0 Å². The second-order valence-electron chi connectivity index (χ2n) is 3.59. The third kappa shape index (κ3) is 5.32. The molecule has 0 aromatic heterocycles. The molecule has 0 heterocycles. The van der Waals surface area contributed by atoms with Gasteiger partial charge >= 0.3 is 0 Å². The predicted octanol–water partition coefficient (Wildman–Crippen LogP) is 2.77. The number of amides is 1. The molecule has 16 heavy (non-hydrogen) atoms. The van der Waals surface area contributed by atoms with Gasteiger partial charge in [0.2, 0.25) is 5.91 Å². The highest BCUT2D eigenvalue weighted by atomic mass is 16.5. The highest BCUT2D eigenvalue weighted by molar-refractivity contribution is 5.74. The van der Waals surface area contributed by atoms with Crippen molar-refractivity contribution in [3.8, 4) is 0 Å². The summed E-state index contributed by atoms with van der Waals surface area (Å²) in [6.07, 6.45) is 7.27. The first-order valence-electron chi connectivity index (χ1n) is 5.47. The van der Waals surface area contributed by atoms with Crippen LogP contribution in [0, 0.1) is 0 Å². The van der Waals surface area contributed by atoms with Gasteiger partial charge < -0.3 is 0 Å². The molecule has 0 aliphatic carbocycles. The molecular formula is C13H17NO2. The number of hydrogen-bond donors (Lipinski definition) is 2. The molecule has 3 heteroatoms. The Morgan fingerprint density at radius 1 is 1.25 bits per heavy atom. The molecule has 0 saturated carbocycles. The van der Waals surface area contributed by atoms with Gasteiger partial charge in [0.15, 0.2) is 0 Å². The summed E-state index contributed by atoms with van der Waals surface area (Å²) in [5.41, 5.74) is 2.82. The summed E-state index contributed by atoms with van der Waals surface area (Å²) in [5, 5.41) is 8.27. The number of carbonyl (C=O) groups is 1. The third-order valence-corrected chi connectivity index (χ3v) is 2.26. The smallest absolute Gasteiger partial charge is 0.243 e. The van der Waals surface area contributed by atoms with Gasteiger partial charge in [-0.05, 0) is 24.8 Å². The van der Waals surface area contributed by atoms with Gasteiger partial charge in [-0.25, -0.2) is 5.48 Å². The van der Waals surface area contributed by atoms with Crippen LogP contribution in [0.5, 0.6) is 0 Å². The Morgan fingerprint density at radius 2 is 2.00 bits per heavy atom. The zero-order valence-electron chi connectivity index (χ0n) is 9.23. The Labute approximate surface area is 95.8 Å². The van der Waals surface area contributed by atoms with Crippen molar-refractivity contribution in [3.63, 3.8) is 0 Å². The fourth-order valence-electron chi connectivity index (χ4n) is 1.39. The van der Waals surface area contributed by atoms with E-state index in [9.17, 15) is 4.79 Å². The molecule has 0 aliphatic heterocycles. The number of nitrogens with one attached hydrogen (secondary N) is 1. The van der Waals surface area contributed by atoms with E-state index in [0.717, 1.165) is 19.3 Å². The zero-order chi connectivity index (χ0) is 11.6. The summed E-state index contributed by atoms with van der Waals surface area (Å²) in [4.78, 5) is 10.7. The molecule has 1 aromatic carbocycles. The first kappa shape index (κ1) is 12.5. The minimum absolute atomic E-state index is 0.313. The first-order valence-corrected chi connectivity index (χ1v) is 5.47. The molecule has 0 saturated heterocycles. The molecule has 0 bridgehead atoms. The van der Waals surface area contributed by atoms with Crippen LogP contribution < -0.4 is 5.48 Å². The normalized spacial score (nSPS) is 10.6. The average Bonchev–Trinajstić information content (AvgIpc) is 2.34. The van der Waals surface area contributed by atoms with Crippen molar-refractivity contribution in [3.05, 3.63) is 42.0 Å². The van der Waals surface area contributed by atoms with E-state index in [1.165, 1.54) is 5.56 Å². The molecule has 0 atom stereocenters. The van der Waals surface area contributed by atoms with Gasteiger partial charge in [-0.1, -0.05) is 42.5 Å². The lowest BCUT2D eigenvalue weighted by molar-refractivity contribution is -0.129. The molecule has 1 aromatic rings. The monoisotopic (exact) mass is 219 g/mol. The van der Waals surface area contributed by atoms with Crippen LogP contribution in [0.25, 0.3) is 6.08 Å². The van der Waals surface area contributed by atoms with Crippen LogP contribution in [-0.4, -0.2) is 11.1 Å². The molecular weight excluding hydrogens is 202 g/mol. The van der Waals surface area contributed by atoms with E-state index >= 15 is 0 Å². The van der Waals surface area contributed by atoms with Crippen molar-refractivity contribution < 1.29 is 10.0 Å². The number of unbranched alkanes of at least 4 members (excludes halogenated alkanes) is 2. The standard InChI is InChI=1S/C13H17NO2/c15-13(14-16)11-7-2-1-4-8-12-9-5-3-6-10-12/h3-6,8-10,16H,1-2,7,11H2,(H,14,15)/b8-4+. The maximum absolute atomic E-state index is 10.7. The van der Waals surface area contributed by atoms with Crippen LogP contribution in [-0.2, 0) is 4.79 Å². The second kappa shape index (κ2) is 7.65. The van der Waals surface area contributed by atoms with E-state index in [-0.39, 0.29) is 5.91 Å². The van der Waals surface area contributed by atoms with Crippen molar-refractivity contribution in [2.24, 2.45) is 0 Å². The van der Waals surface area contributed by atoms with Gasteiger partial charge in [0.25, 0.3) is 0 Å². The van der Waals surface area contributed by atoms with Gasteiger partial charge in [-0.15, -0.1) is 0 Å². The summed E-state index contributed by atoms with van der Waals surface area (Å²) >= 11 is 0. The molecule has 86 valence electrons. The Bertz CT molecular complexity index is 333. The van der Waals surface area contributed by atoms with Crippen molar-refractivity contribution >= 4 is 12.0 Å². The summed E-state index contributed by atoms with van der Waals surface area (Å²) < 4.78 is 0. The topological polar surface area (TPSA) is 49.3 Å². The molecule has 1 rings (SSSR count). The number of carbonyl (C=O) groups excluding carboxylic acids is 1. The average molecular weight is 219 g/mol. The molecule has 3 nitrogen and oxygen atoms in total. The van der Waals surface area contributed by atoms with E-state index in [1.807, 2.05) is 18.2 Å². The largest absolute Gasteiger partial charge is 0.289 e. The number of allylic oxidation sites excluding steroid dienone is 1. The Morgan fingerprint density at radius 3 is 2.69 bits per heavy atom. The molecule has 0 fully saturated rings. The third-order valence-electron chi connectivity index (χ3n) is 2.26. The van der Waals surface area contributed by atoms with Gasteiger partial charge in [-0.3, -0.25) is 10.0 Å². The van der Waals surface area contributed by atoms with Crippen LogP contribution in [0.2, 0.25) is 0 Å². The highest BCUT2D eigenvalue weighted by Gasteiger charge is 1.96. The van der Waals surface area contributed by atoms with E-state index in [2.05, 4.69) is 24.3 Å². The maximum Gasteiger partial charge on any atom is 0.243 e. The SMILES string of the molecule is O=C(CCCC/C=C/c1ccccc1)NO. The quantitative estimate of drug-likeness (QED) is 0.439. The minimum Gasteiger partial charge on any atom is -0.289 e. The van der Waals surface area contributed by atoms with Crippen LogP contribution in [0.15, 0.2) is 36.4 Å². The van der Waals surface area contributed by atoms with Gasteiger partial charge in [0.1, 0.15) is 0 Å². The summed E-state index contributed by atoms with van der Waals surface area (Å²) in [6, 6.07) is 10.1. The second-order valence-corrected chi connectivity index (χ2v) is 3.59. The van der Waals surface area contributed by atoms with Gasteiger partial charge in [0.05, 0.1) is 0 Å². The highest BCUT2D eigenvalue weighted by Crippen LogP contribution is 2.05. The molecule has 0 spiro atoms. The van der Waals surface area contributed by atoms with Crippen LogP contribution in [0.4, 0.5) is 0 Å². The van der Waals surface area contributed by atoms with Crippen molar-refractivity contribution in [2.75, 3.05) is 0 Å². The summed E-state index contributed by atoms with van der Waals surface area (Å²) in [5.74, 6) is -0.313. The predicted molar refractivity (Wildman–Crippen MR) is 63.9 cm³/mol. The van der Waals surface area contributed by atoms with E-state index < -0.39 is 0 Å². The van der Waals surface area contributed by atoms with Crippen LogP contribution >= 0.6 is 0 Å². The molecule has 2 N–H and O–H groups in total. The number of hydroxylamine groups is 1. The fourth-order valence-corrected chi connectivity index (χ4v) is 1.39. The Hall–Kier alpha value is -1.61. The number of hydrogen-bond acceptors (Lipinski definition) is 2. The lowest BCUT2D eigenvalue weighted by Crippen LogP contribution is -2.17. The van der Waals surface area contributed by atoms with Crippen LogP contribution in [0.1, 0.15) is 31.2 Å². The lowest BCUT2D eigenvalue weighted by Gasteiger charge is -1.97. The van der Waals surface area contributed by atoms with Crippen molar-refractivity contribution in [2.45, 2.75) is 25.7 Å². The van der Waals surface area contributed by atoms with E-state index in [4.69, 9.17) is 5.21 Å². The van der Waals surface area contributed by atoms with Crippen LogP contribution in [0.3, 0.4) is 0 Å². The zero-order valence-corrected chi connectivity index (χ0v) is 9.23. The number of benzene rings is 1. The Kier molecular flexibility index (Phi) is 5.96.